The summed E-state index contributed by atoms with van der Waals surface area (Å²) in [4.78, 5) is 11.7. The number of rotatable bonds is 7. The van der Waals surface area contributed by atoms with Crippen LogP contribution in [0.2, 0.25) is 0 Å². The zero-order valence-corrected chi connectivity index (χ0v) is 11.7. The topological polar surface area (TPSA) is 64.3 Å². The number of carbonyl (C=O) groups excluding carboxylic acids is 1. The summed E-state index contributed by atoms with van der Waals surface area (Å²) < 4.78 is 4.96. The Kier molecular flexibility index (Phi) is 6.43. The quantitative estimate of drug-likeness (QED) is 0.452. The molecular formula is C13H20N2O2S. The molecule has 0 heterocycles. The predicted octanol–water partition coefficient (Wildman–Crippen LogP) is 2.61. The van der Waals surface area contributed by atoms with Crippen LogP contribution in [0.1, 0.15) is 23.7 Å². The number of nitrogens with one attached hydrogen (secondary N) is 1. The average molecular weight is 268 g/mol. The van der Waals surface area contributed by atoms with Crippen molar-refractivity contribution in [3.05, 3.63) is 23.8 Å². The molecule has 0 amide bonds. The second-order valence-electron chi connectivity index (χ2n) is 3.76. The van der Waals surface area contributed by atoms with Gasteiger partial charge in [0, 0.05) is 6.54 Å². The van der Waals surface area contributed by atoms with Crippen LogP contribution in [0.15, 0.2) is 18.2 Å². The summed E-state index contributed by atoms with van der Waals surface area (Å²) >= 11 is 1.81. The third-order valence-corrected chi connectivity index (χ3v) is 3.14. The van der Waals surface area contributed by atoms with Gasteiger partial charge in [-0.05, 0) is 37.5 Å². The predicted molar refractivity (Wildman–Crippen MR) is 78.3 cm³/mol. The summed E-state index contributed by atoms with van der Waals surface area (Å²) in [5.74, 6) is 0.729. The third-order valence-electron chi connectivity index (χ3n) is 2.44. The van der Waals surface area contributed by atoms with Gasteiger partial charge in [0.2, 0.25) is 0 Å². The van der Waals surface area contributed by atoms with Gasteiger partial charge in [0.15, 0.2) is 0 Å². The largest absolute Gasteiger partial charge is 0.462 e. The zero-order chi connectivity index (χ0) is 13.4. The van der Waals surface area contributed by atoms with Gasteiger partial charge >= 0.3 is 5.97 Å². The van der Waals surface area contributed by atoms with Crippen molar-refractivity contribution in [2.75, 3.05) is 36.2 Å². The summed E-state index contributed by atoms with van der Waals surface area (Å²) in [5.41, 5.74) is 7.64. The molecule has 0 fully saturated rings. The lowest BCUT2D eigenvalue weighted by Gasteiger charge is -2.12. The Hall–Kier alpha value is -1.36. The molecule has 0 saturated heterocycles. The summed E-state index contributed by atoms with van der Waals surface area (Å²) in [7, 11) is 0. The lowest BCUT2D eigenvalue weighted by molar-refractivity contribution is 0.0527. The van der Waals surface area contributed by atoms with Crippen LogP contribution in [0, 0.1) is 0 Å². The number of benzene rings is 1. The first-order valence-corrected chi connectivity index (χ1v) is 7.38. The molecule has 0 spiro atoms. The Morgan fingerprint density at radius 3 is 2.94 bits per heavy atom. The Labute approximate surface area is 112 Å². The first-order valence-electron chi connectivity index (χ1n) is 5.99. The molecule has 18 heavy (non-hydrogen) atoms. The molecule has 0 aromatic heterocycles. The monoisotopic (exact) mass is 268 g/mol. The molecule has 1 aromatic carbocycles. The average Bonchev–Trinajstić information content (AvgIpc) is 2.36. The van der Waals surface area contributed by atoms with E-state index in [1.165, 1.54) is 0 Å². The number of para-hydroxylation sites is 1. The first-order chi connectivity index (χ1) is 8.70. The van der Waals surface area contributed by atoms with E-state index in [-0.39, 0.29) is 5.97 Å². The summed E-state index contributed by atoms with van der Waals surface area (Å²) in [6, 6.07) is 5.36. The van der Waals surface area contributed by atoms with Crippen LogP contribution < -0.4 is 11.1 Å². The van der Waals surface area contributed by atoms with Crippen molar-refractivity contribution in [1.82, 2.24) is 0 Å². The van der Waals surface area contributed by atoms with E-state index in [0.29, 0.717) is 17.9 Å². The Bertz CT molecular complexity index is 397. The summed E-state index contributed by atoms with van der Waals surface area (Å²) in [6.07, 6.45) is 3.14. The van der Waals surface area contributed by atoms with Gasteiger partial charge < -0.3 is 15.8 Å². The fourth-order valence-electron chi connectivity index (χ4n) is 1.55. The highest BCUT2D eigenvalue weighted by Gasteiger charge is 2.12. The van der Waals surface area contributed by atoms with Crippen molar-refractivity contribution in [2.45, 2.75) is 13.3 Å². The number of nitrogen functional groups attached to an aromatic ring is 1. The Morgan fingerprint density at radius 2 is 2.28 bits per heavy atom. The maximum Gasteiger partial charge on any atom is 0.340 e. The number of hydrogen-bond acceptors (Lipinski definition) is 5. The summed E-state index contributed by atoms with van der Waals surface area (Å²) in [5, 5.41) is 3.24. The van der Waals surface area contributed by atoms with E-state index >= 15 is 0 Å². The Morgan fingerprint density at radius 1 is 1.50 bits per heavy atom. The van der Waals surface area contributed by atoms with Gasteiger partial charge in [-0.15, -0.1) is 0 Å². The van der Waals surface area contributed by atoms with Crippen molar-refractivity contribution in [2.24, 2.45) is 0 Å². The molecule has 1 rings (SSSR count). The molecular weight excluding hydrogens is 248 g/mol. The van der Waals surface area contributed by atoms with Crippen molar-refractivity contribution in [3.8, 4) is 0 Å². The maximum absolute atomic E-state index is 11.7. The van der Waals surface area contributed by atoms with E-state index in [4.69, 9.17) is 10.5 Å². The minimum Gasteiger partial charge on any atom is -0.462 e. The van der Waals surface area contributed by atoms with Crippen LogP contribution in [0.3, 0.4) is 0 Å². The van der Waals surface area contributed by atoms with E-state index in [9.17, 15) is 4.79 Å². The molecule has 4 nitrogen and oxygen atoms in total. The fraction of sp³-hybridized carbons (Fsp3) is 0.462. The van der Waals surface area contributed by atoms with Crippen LogP contribution in [-0.2, 0) is 4.74 Å². The molecule has 0 bridgehead atoms. The minimum atomic E-state index is -0.372. The van der Waals surface area contributed by atoms with Crippen LogP contribution in [-0.4, -0.2) is 31.1 Å². The molecule has 0 saturated carbocycles. The number of hydrogen-bond donors (Lipinski definition) is 2. The highest BCUT2D eigenvalue weighted by molar-refractivity contribution is 7.98. The van der Waals surface area contributed by atoms with Crippen molar-refractivity contribution in [3.63, 3.8) is 0 Å². The van der Waals surface area contributed by atoms with E-state index in [0.717, 1.165) is 24.4 Å². The third kappa shape index (κ3) is 4.14. The van der Waals surface area contributed by atoms with Crippen molar-refractivity contribution >= 4 is 29.1 Å². The van der Waals surface area contributed by atoms with Crippen LogP contribution in [0.5, 0.6) is 0 Å². The highest BCUT2D eigenvalue weighted by Crippen LogP contribution is 2.23. The maximum atomic E-state index is 11.7. The Balaban J connectivity index is 2.69. The van der Waals surface area contributed by atoms with E-state index in [1.807, 2.05) is 17.8 Å². The molecule has 3 N–H and O–H groups in total. The molecule has 0 aliphatic carbocycles. The van der Waals surface area contributed by atoms with Gasteiger partial charge in [-0.1, -0.05) is 6.07 Å². The fourth-order valence-corrected chi connectivity index (χ4v) is 1.98. The smallest absolute Gasteiger partial charge is 0.340 e. The second-order valence-corrected chi connectivity index (χ2v) is 4.75. The molecule has 0 atom stereocenters. The lowest BCUT2D eigenvalue weighted by atomic mass is 10.1. The second kappa shape index (κ2) is 7.87. The zero-order valence-electron chi connectivity index (χ0n) is 10.9. The number of anilines is 2. The highest BCUT2D eigenvalue weighted by atomic mass is 32.2. The van der Waals surface area contributed by atoms with Gasteiger partial charge in [0.05, 0.1) is 23.5 Å². The number of carbonyl (C=O) groups is 1. The van der Waals surface area contributed by atoms with Crippen molar-refractivity contribution < 1.29 is 9.53 Å². The van der Waals surface area contributed by atoms with Gasteiger partial charge in [-0.25, -0.2) is 4.79 Å². The van der Waals surface area contributed by atoms with Crippen LogP contribution in [0.25, 0.3) is 0 Å². The SMILES string of the molecule is CCOC(=O)c1cccc(NCCCSC)c1N. The number of thioether (sulfide) groups is 1. The molecule has 0 aliphatic rings. The van der Waals surface area contributed by atoms with Crippen molar-refractivity contribution in [1.29, 1.82) is 0 Å². The van der Waals surface area contributed by atoms with Gasteiger partial charge in [0.25, 0.3) is 0 Å². The minimum absolute atomic E-state index is 0.351. The van der Waals surface area contributed by atoms with Crippen LogP contribution in [0.4, 0.5) is 11.4 Å². The first kappa shape index (κ1) is 14.7. The van der Waals surface area contributed by atoms with E-state index < -0.39 is 0 Å². The van der Waals surface area contributed by atoms with Gasteiger partial charge in [0.1, 0.15) is 0 Å². The van der Waals surface area contributed by atoms with Gasteiger partial charge in [-0.3, -0.25) is 0 Å². The van der Waals surface area contributed by atoms with Crippen LogP contribution >= 0.6 is 11.8 Å². The lowest BCUT2D eigenvalue weighted by Crippen LogP contribution is -2.11. The van der Waals surface area contributed by atoms with E-state index in [2.05, 4.69) is 11.6 Å². The molecule has 100 valence electrons. The van der Waals surface area contributed by atoms with Gasteiger partial charge in [-0.2, -0.15) is 11.8 Å². The number of ether oxygens (including phenoxy) is 1. The number of nitrogens with two attached hydrogens (primary N) is 1. The standard InChI is InChI=1S/C13H20N2O2S/c1-3-17-13(16)10-6-4-7-11(12(10)14)15-8-5-9-18-2/h4,6-7,15H,3,5,8-9,14H2,1-2H3. The number of esters is 1. The van der Waals surface area contributed by atoms with E-state index in [1.54, 1.807) is 19.1 Å². The summed E-state index contributed by atoms with van der Waals surface area (Å²) in [6.45, 7) is 2.97. The normalized spacial score (nSPS) is 10.1. The molecule has 0 unspecified atom stereocenters. The molecule has 0 aliphatic heterocycles. The molecule has 1 aromatic rings. The molecule has 0 radical (unpaired) electrons. The molecule has 5 heteroatoms.